The van der Waals surface area contributed by atoms with Gasteiger partial charge in [-0.3, -0.25) is 4.18 Å². The summed E-state index contributed by atoms with van der Waals surface area (Å²) in [6, 6.07) is 17.9. The lowest BCUT2D eigenvalue weighted by molar-refractivity contribution is 0.293. The van der Waals surface area contributed by atoms with Gasteiger partial charge in [-0.1, -0.05) is 48.5 Å². The van der Waals surface area contributed by atoms with E-state index in [1.807, 2.05) is 48.5 Å². The average molecular weight is 271 g/mol. The smallest absolute Gasteiger partial charge is 0.0891 e. The molecule has 0 aliphatic rings. The average Bonchev–Trinajstić information content (AvgIpc) is 2.43. The molecular formula is C15H11O3S-. The van der Waals surface area contributed by atoms with E-state index in [1.54, 1.807) is 0 Å². The van der Waals surface area contributed by atoms with Gasteiger partial charge < -0.3 is 4.55 Å². The predicted molar refractivity (Wildman–Crippen MR) is 75.2 cm³/mol. The molecule has 0 radical (unpaired) electrons. The summed E-state index contributed by atoms with van der Waals surface area (Å²) in [6.45, 7) is 0.0535. The van der Waals surface area contributed by atoms with E-state index in [1.165, 1.54) is 0 Å². The van der Waals surface area contributed by atoms with E-state index in [-0.39, 0.29) is 6.61 Å². The van der Waals surface area contributed by atoms with Crippen LogP contribution in [0, 0.1) is 0 Å². The van der Waals surface area contributed by atoms with Gasteiger partial charge in [-0.2, -0.15) is 0 Å². The van der Waals surface area contributed by atoms with Crippen molar-refractivity contribution in [2.24, 2.45) is 0 Å². The number of hydrogen-bond acceptors (Lipinski definition) is 3. The van der Waals surface area contributed by atoms with Crippen LogP contribution in [0.3, 0.4) is 0 Å². The highest BCUT2D eigenvalue weighted by Crippen LogP contribution is 2.29. The molecule has 1 atom stereocenters. The van der Waals surface area contributed by atoms with Gasteiger partial charge in [0.25, 0.3) is 0 Å². The SMILES string of the molecule is O=S([O-])OCc1c2ccccc2cc2ccccc12. The van der Waals surface area contributed by atoms with Crippen LogP contribution in [0.15, 0.2) is 54.6 Å². The standard InChI is InChI=1S/C15H12O3S/c16-19(17)18-10-15-13-7-3-1-5-11(13)9-12-6-2-4-8-14(12)15/h1-9H,10H2,(H,16,17)/p-1. The largest absolute Gasteiger partial charge is 0.750 e. The normalized spacial score (nSPS) is 12.9. The summed E-state index contributed by atoms with van der Waals surface area (Å²) in [7, 11) is 0. The van der Waals surface area contributed by atoms with Gasteiger partial charge in [0.05, 0.1) is 18.0 Å². The van der Waals surface area contributed by atoms with Crippen LogP contribution in [0.1, 0.15) is 5.56 Å². The molecule has 0 bridgehead atoms. The van der Waals surface area contributed by atoms with Crippen molar-refractivity contribution in [3.8, 4) is 0 Å². The zero-order valence-electron chi connectivity index (χ0n) is 10.0. The predicted octanol–water partition coefficient (Wildman–Crippen LogP) is 3.30. The highest BCUT2D eigenvalue weighted by atomic mass is 32.2. The van der Waals surface area contributed by atoms with Gasteiger partial charge in [-0.25, -0.2) is 4.21 Å². The van der Waals surface area contributed by atoms with Crippen LogP contribution in [0.2, 0.25) is 0 Å². The van der Waals surface area contributed by atoms with Crippen LogP contribution < -0.4 is 0 Å². The quantitative estimate of drug-likeness (QED) is 0.542. The Morgan fingerprint density at radius 2 is 1.47 bits per heavy atom. The van der Waals surface area contributed by atoms with Crippen molar-refractivity contribution < 1.29 is 12.9 Å². The summed E-state index contributed by atoms with van der Waals surface area (Å²) in [5, 5.41) is 4.20. The first-order chi connectivity index (χ1) is 9.25. The third-order valence-corrected chi connectivity index (χ3v) is 3.49. The minimum Gasteiger partial charge on any atom is -0.750 e. The molecule has 1 unspecified atom stereocenters. The van der Waals surface area contributed by atoms with Gasteiger partial charge in [0.1, 0.15) is 0 Å². The van der Waals surface area contributed by atoms with Crippen LogP contribution in [0.4, 0.5) is 0 Å². The maximum atomic E-state index is 10.6. The zero-order valence-corrected chi connectivity index (χ0v) is 10.9. The molecule has 96 valence electrons. The Morgan fingerprint density at radius 1 is 0.947 bits per heavy atom. The lowest BCUT2D eigenvalue weighted by Gasteiger charge is -2.12. The fourth-order valence-corrected chi connectivity index (χ4v) is 2.58. The monoisotopic (exact) mass is 271 g/mol. The summed E-state index contributed by atoms with van der Waals surface area (Å²) in [5.74, 6) is 0. The first-order valence-corrected chi connectivity index (χ1v) is 6.87. The maximum absolute atomic E-state index is 10.6. The van der Waals surface area contributed by atoms with Crippen molar-refractivity contribution in [1.82, 2.24) is 0 Å². The van der Waals surface area contributed by atoms with E-state index >= 15 is 0 Å². The van der Waals surface area contributed by atoms with Crippen molar-refractivity contribution in [2.45, 2.75) is 6.61 Å². The van der Waals surface area contributed by atoms with Gasteiger partial charge in [0.15, 0.2) is 0 Å². The minimum absolute atomic E-state index is 0.0535. The third kappa shape index (κ3) is 2.38. The zero-order chi connectivity index (χ0) is 13.2. The van der Waals surface area contributed by atoms with E-state index in [0.29, 0.717) is 0 Å². The van der Waals surface area contributed by atoms with Crippen LogP contribution >= 0.6 is 0 Å². The number of rotatable bonds is 3. The van der Waals surface area contributed by atoms with Crippen molar-refractivity contribution in [3.63, 3.8) is 0 Å². The minimum atomic E-state index is -2.50. The Bertz CT molecular complexity index is 714. The van der Waals surface area contributed by atoms with Crippen molar-refractivity contribution in [3.05, 3.63) is 60.2 Å². The first-order valence-electron chi connectivity index (χ1n) is 5.87. The molecular weight excluding hydrogens is 260 g/mol. The van der Waals surface area contributed by atoms with Gasteiger partial charge in [-0.05, 0) is 33.2 Å². The molecule has 3 nitrogen and oxygen atoms in total. The molecule has 4 heteroatoms. The van der Waals surface area contributed by atoms with E-state index in [0.717, 1.165) is 27.1 Å². The van der Waals surface area contributed by atoms with Crippen LogP contribution in [0.25, 0.3) is 21.5 Å². The molecule has 0 spiro atoms. The molecule has 3 aromatic carbocycles. The molecule has 0 saturated carbocycles. The molecule has 0 aromatic heterocycles. The Kier molecular flexibility index (Phi) is 3.29. The maximum Gasteiger partial charge on any atom is 0.0891 e. The second-order valence-corrected chi connectivity index (χ2v) is 4.91. The Morgan fingerprint density at radius 3 is 2.00 bits per heavy atom. The molecule has 0 N–H and O–H groups in total. The Hall–Kier alpha value is -1.75. The van der Waals surface area contributed by atoms with Crippen LogP contribution in [-0.2, 0) is 22.2 Å². The van der Waals surface area contributed by atoms with E-state index in [9.17, 15) is 8.76 Å². The number of benzene rings is 3. The van der Waals surface area contributed by atoms with Crippen molar-refractivity contribution in [1.29, 1.82) is 0 Å². The molecule has 0 amide bonds. The van der Waals surface area contributed by atoms with Crippen molar-refractivity contribution in [2.75, 3.05) is 0 Å². The van der Waals surface area contributed by atoms with Gasteiger partial charge in [0, 0.05) is 0 Å². The van der Waals surface area contributed by atoms with Crippen LogP contribution in [0.5, 0.6) is 0 Å². The fraction of sp³-hybridized carbons (Fsp3) is 0.0667. The fourth-order valence-electron chi connectivity index (χ4n) is 2.37. The Balaban J connectivity index is 2.29. The molecule has 3 rings (SSSR count). The van der Waals surface area contributed by atoms with E-state index < -0.39 is 11.4 Å². The second kappa shape index (κ2) is 5.09. The summed E-state index contributed by atoms with van der Waals surface area (Å²) < 4.78 is 26.0. The van der Waals surface area contributed by atoms with Crippen LogP contribution in [-0.4, -0.2) is 8.76 Å². The molecule has 0 saturated heterocycles. The molecule has 0 heterocycles. The third-order valence-electron chi connectivity index (χ3n) is 3.18. The van der Waals surface area contributed by atoms with Gasteiger partial charge in [-0.15, -0.1) is 0 Å². The first kappa shape index (κ1) is 12.3. The highest BCUT2D eigenvalue weighted by molar-refractivity contribution is 7.74. The topological polar surface area (TPSA) is 49.4 Å². The summed E-state index contributed by atoms with van der Waals surface area (Å²) in [6.07, 6.45) is 0. The highest BCUT2D eigenvalue weighted by Gasteiger charge is 2.07. The second-order valence-electron chi connectivity index (χ2n) is 4.26. The summed E-state index contributed by atoms with van der Waals surface area (Å²) in [4.78, 5) is 0. The van der Waals surface area contributed by atoms with E-state index in [4.69, 9.17) is 4.18 Å². The van der Waals surface area contributed by atoms with Gasteiger partial charge >= 0.3 is 0 Å². The summed E-state index contributed by atoms with van der Waals surface area (Å²) in [5.41, 5.74) is 0.901. The molecule has 0 aliphatic heterocycles. The number of hydrogen-bond donors (Lipinski definition) is 0. The number of fused-ring (bicyclic) bond motifs is 2. The lowest BCUT2D eigenvalue weighted by Crippen LogP contribution is -1.98. The molecule has 19 heavy (non-hydrogen) atoms. The van der Waals surface area contributed by atoms with E-state index in [2.05, 4.69) is 6.07 Å². The molecule has 3 aromatic rings. The van der Waals surface area contributed by atoms with Gasteiger partial charge in [0.2, 0.25) is 0 Å². The Labute approximate surface area is 113 Å². The lowest BCUT2D eigenvalue weighted by atomic mass is 9.97. The van der Waals surface area contributed by atoms with Crippen molar-refractivity contribution >= 4 is 32.9 Å². The summed E-state index contributed by atoms with van der Waals surface area (Å²) >= 11 is -2.50. The molecule has 0 fully saturated rings. The molecule has 0 aliphatic carbocycles.